The molecule has 0 fully saturated rings. The number of hydrogen-bond acceptors (Lipinski definition) is 6. The van der Waals surface area contributed by atoms with Crippen molar-refractivity contribution in [3.63, 3.8) is 0 Å². The van der Waals surface area contributed by atoms with Crippen LogP contribution < -0.4 is 73.9 Å². The minimum Gasteiger partial charge on any atom is -1.00 e. The van der Waals surface area contributed by atoms with Crippen molar-refractivity contribution in [2.75, 3.05) is 14.2 Å². The molecule has 58 heavy (non-hydrogen) atoms. The minimum absolute atomic E-state index is 0. The maximum Gasteiger partial charge on any atom is 1.00 e. The van der Waals surface area contributed by atoms with Gasteiger partial charge in [0, 0.05) is 37.8 Å². The van der Waals surface area contributed by atoms with Crippen molar-refractivity contribution in [2.45, 2.75) is 90.6 Å². The van der Waals surface area contributed by atoms with E-state index in [0.717, 1.165) is 27.8 Å². The second-order valence-electron chi connectivity index (χ2n) is 15.5. The largest absolute Gasteiger partial charge is 1.00 e. The van der Waals surface area contributed by atoms with Gasteiger partial charge in [0.15, 0.2) is 0 Å². The van der Waals surface area contributed by atoms with Gasteiger partial charge in [-0.05, 0) is 118 Å². The number of amides is 4. The van der Waals surface area contributed by atoms with Crippen molar-refractivity contribution in [1.82, 2.24) is 20.9 Å². The molecule has 0 aliphatic carbocycles. The number of alkyl halides is 2. The summed E-state index contributed by atoms with van der Waals surface area (Å²) in [5, 5.41) is 2.76. The van der Waals surface area contributed by atoms with E-state index in [1.807, 2.05) is 112 Å². The molecule has 0 aliphatic heterocycles. The van der Waals surface area contributed by atoms with Crippen LogP contribution in [0.2, 0.25) is 0 Å². The number of ether oxygens (including phenoxy) is 2. The number of carbonyl (C=O) groups is 4. The first-order valence-corrected chi connectivity index (χ1v) is 20.1. The number of methoxy groups -OCH3 is 2. The molecule has 0 saturated carbocycles. The Bertz CT molecular complexity index is 1900. The Kier molecular flexibility index (Phi) is 21.3. The smallest absolute Gasteiger partial charge is 1.00 e. The van der Waals surface area contributed by atoms with Crippen molar-refractivity contribution >= 4 is 57.8 Å². The number of aryl methyl sites for hydroxylation is 4. The molecular formula is C44H54ClI2N4NaO6. The average Bonchev–Trinajstić information content (AvgIpc) is 3.12. The van der Waals surface area contributed by atoms with Crippen molar-refractivity contribution in [2.24, 2.45) is 0 Å². The van der Waals surface area contributed by atoms with Crippen LogP contribution in [0.3, 0.4) is 0 Å². The third-order valence-corrected chi connectivity index (χ3v) is 9.60. The predicted molar refractivity (Wildman–Crippen MR) is 232 cm³/mol. The molecule has 4 rings (SSSR count). The Morgan fingerprint density at radius 1 is 0.621 bits per heavy atom. The van der Waals surface area contributed by atoms with Gasteiger partial charge < -0.3 is 33.5 Å². The molecule has 308 valence electrons. The van der Waals surface area contributed by atoms with Crippen molar-refractivity contribution in [3.8, 4) is 11.5 Å². The monoisotopic (exact) mass is 1050 g/mol. The van der Waals surface area contributed by atoms with Crippen LogP contribution in [0.15, 0.2) is 72.8 Å². The molecule has 0 bridgehead atoms. The molecule has 0 unspecified atom stereocenters. The number of nitrogens with zero attached hydrogens (tertiary/aromatic N) is 2. The van der Waals surface area contributed by atoms with Gasteiger partial charge in [-0.2, -0.15) is 0 Å². The van der Waals surface area contributed by atoms with E-state index in [0.29, 0.717) is 43.7 Å². The molecule has 14 heteroatoms. The zero-order valence-corrected chi connectivity index (χ0v) is 42.9. The molecule has 4 aromatic carbocycles. The molecule has 0 aliphatic rings. The van der Waals surface area contributed by atoms with Crippen molar-refractivity contribution in [1.29, 1.82) is 0 Å². The third-order valence-electron chi connectivity index (χ3n) is 8.57. The molecule has 0 saturated heterocycles. The summed E-state index contributed by atoms with van der Waals surface area (Å²) in [6.45, 7) is 19.0. The average molecular weight is 1050 g/mol. The summed E-state index contributed by atoms with van der Waals surface area (Å²) in [4.78, 5) is 52.5. The van der Waals surface area contributed by atoms with Gasteiger partial charge in [-0.3, -0.25) is 30.0 Å². The Balaban J connectivity index is 0.000000561. The summed E-state index contributed by atoms with van der Waals surface area (Å²) in [6.07, 6.45) is 0. The summed E-state index contributed by atoms with van der Waals surface area (Å²) >= 11 is 8.24. The van der Waals surface area contributed by atoms with Crippen LogP contribution in [0.25, 0.3) is 0 Å². The van der Waals surface area contributed by atoms with Crippen molar-refractivity contribution < 1.29 is 82.2 Å². The van der Waals surface area contributed by atoms with E-state index in [2.05, 4.69) is 33.4 Å². The van der Waals surface area contributed by atoms with Gasteiger partial charge in [0.2, 0.25) is 0 Å². The van der Waals surface area contributed by atoms with E-state index >= 15 is 0 Å². The molecule has 10 nitrogen and oxygen atoms in total. The second-order valence-corrected chi connectivity index (χ2v) is 16.5. The van der Waals surface area contributed by atoms with E-state index in [1.165, 1.54) is 17.1 Å². The van der Waals surface area contributed by atoms with Crippen molar-refractivity contribution in [3.05, 3.63) is 128 Å². The number of hydrazine groups is 2. The molecule has 0 radical (unpaired) electrons. The SMILES string of the molecule is COc1cccc(C(=O)NN(C(=O)c2cc(C)cc(C)c2)C(C)(C)C)c1CCl.COc1cccc(C(=O)NN(C(=O)c2cc(C)cc(C)c2)C(C)(C)C)c1CI.[I-].[Na+]. The maximum absolute atomic E-state index is 13.2. The molecule has 2 N–H and O–H groups in total. The second kappa shape index (κ2) is 23.2. The Morgan fingerprint density at radius 3 is 1.24 bits per heavy atom. The summed E-state index contributed by atoms with van der Waals surface area (Å²) < 4.78 is 11.3. The van der Waals surface area contributed by atoms with Crippen LogP contribution in [0.5, 0.6) is 11.5 Å². The number of hydrogen-bond donors (Lipinski definition) is 2. The van der Waals surface area contributed by atoms with E-state index < -0.39 is 17.0 Å². The zero-order valence-electron chi connectivity index (χ0n) is 35.8. The van der Waals surface area contributed by atoms with Crippen LogP contribution in [-0.2, 0) is 10.3 Å². The molecule has 4 amide bonds. The summed E-state index contributed by atoms with van der Waals surface area (Å²) in [5.41, 5.74) is 11.7. The van der Waals surface area contributed by atoms with Gasteiger partial charge in [0.25, 0.3) is 23.6 Å². The van der Waals surface area contributed by atoms with E-state index in [1.54, 1.807) is 37.4 Å². The Hall–Kier alpha value is -2.89. The first-order chi connectivity index (χ1) is 26.2. The van der Waals surface area contributed by atoms with Crippen LogP contribution in [0.1, 0.15) is 116 Å². The maximum atomic E-state index is 13.2. The Morgan fingerprint density at radius 2 is 0.948 bits per heavy atom. The zero-order chi connectivity index (χ0) is 42.1. The summed E-state index contributed by atoms with van der Waals surface area (Å²) in [7, 11) is 3.11. The van der Waals surface area contributed by atoms with Gasteiger partial charge >= 0.3 is 29.6 Å². The minimum atomic E-state index is -0.635. The van der Waals surface area contributed by atoms with Gasteiger partial charge in [0.1, 0.15) is 11.5 Å². The van der Waals surface area contributed by atoms with Crippen LogP contribution >= 0.6 is 34.2 Å². The fourth-order valence-corrected chi connectivity index (χ4v) is 7.10. The van der Waals surface area contributed by atoms with Gasteiger partial charge in [-0.25, -0.2) is 10.0 Å². The van der Waals surface area contributed by atoms with Gasteiger partial charge in [-0.1, -0.05) is 69.1 Å². The third kappa shape index (κ3) is 14.1. The molecule has 4 aromatic rings. The molecule has 0 aromatic heterocycles. The normalized spacial score (nSPS) is 10.7. The number of rotatable bonds is 8. The molecular weight excluding hydrogens is 993 g/mol. The summed E-state index contributed by atoms with van der Waals surface area (Å²) in [6, 6.07) is 21.8. The van der Waals surface area contributed by atoms with Crippen LogP contribution in [-0.4, -0.2) is 58.9 Å². The number of halogens is 3. The number of benzene rings is 4. The number of carbonyl (C=O) groups excluding carboxylic acids is 4. The quantitative estimate of drug-likeness (QED) is 0.121. The van der Waals surface area contributed by atoms with Crippen LogP contribution in [0.4, 0.5) is 0 Å². The fourth-order valence-electron chi connectivity index (χ4n) is 6.04. The van der Waals surface area contributed by atoms with Gasteiger partial charge in [0.05, 0.1) is 31.2 Å². The van der Waals surface area contributed by atoms with Gasteiger partial charge in [-0.15, -0.1) is 11.6 Å². The fraction of sp³-hybridized carbons (Fsp3) is 0.364. The molecule has 0 spiro atoms. The van der Waals surface area contributed by atoms with Crippen LogP contribution in [0, 0.1) is 27.7 Å². The Labute approximate surface area is 401 Å². The predicted octanol–water partition coefficient (Wildman–Crippen LogP) is 3.48. The summed E-state index contributed by atoms with van der Waals surface area (Å²) in [5.74, 6) is 0.0402. The van der Waals surface area contributed by atoms with E-state index in [4.69, 9.17) is 21.1 Å². The molecule has 0 heterocycles. The standard InChI is InChI=1S/C22H27ClN2O3.C22H27IN2O3.HI.Na/c2*1-14-10-15(2)12-16(11-14)21(27)25(22(3,4)5)24-20(26)17-8-7-9-19(28-6)18(17)13-23;;/h2*7-12H,13H2,1-6H3,(H,24,26);1H;/q;;;+1/p-1. The number of nitrogens with one attached hydrogen (secondary N) is 2. The first kappa shape index (κ1) is 53.1. The van der Waals surface area contributed by atoms with E-state index in [-0.39, 0.29) is 77.1 Å². The first-order valence-electron chi connectivity index (χ1n) is 18.1. The topological polar surface area (TPSA) is 117 Å². The van der Waals surface area contributed by atoms with E-state index in [9.17, 15) is 19.2 Å². The molecule has 0 atom stereocenters.